The average Bonchev–Trinajstić information content (AvgIpc) is 3.28. The van der Waals surface area contributed by atoms with Crippen molar-refractivity contribution in [3.63, 3.8) is 0 Å². The van der Waals surface area contributed by atoms with Gasteiger partial charge >= 0.3 is 0 Å². The van der Waals surface area contributed by atoms with Crippen molar-refractivity contribution in [2.24, 2.45) is 0 Å². The van der Waals surface area contributed by atoms with Gasteiger partial charge < -0.3 is 61.3 Å². The van der Waals surface area contributed by atoms with Crippen LogP contribution in [0.15, 0.2) is 72.8 Å². The molecule has 0 saturated heterocycles. The van der Waals surface area contributed by atoms with E-state index in [1.54, 1.807) is 0 Å². The van der Waals surface area contributed by atoms with Crippen LogP contribution in [0.3, 0.4) is 0 Å². The first-order valence-electron chi connectivity index (χ1n) is 18.3. The van der Waals surface area contributed by atoms with E-state index in [9.17, 15) is 60.7 Å². The van der Waals surface area contributed by atoms with Crippen molar-refractivity contribution >= 4 is 34.1 Å². The molecule has 0 heterocycles. The predicted octanol–water partition coefficient (Wildman–Crippen LogP) is 7.11. The molecule has 0 bridgehead atoms. The summed E-state index contributed by atoms with van der Waals surface area (Å²) in [6, 6.07) is 12.9. The number of nitrogens with zero attached hydrogens (tertiary/aromatic N) is 6. The third-order valence-electron chi connectivity index (χ3n) is 8.30. The molecule has 0 fully saturated rings. The van der Waals surface area contributed by atoms with Gasteiger partial charge in [0.05, 0.1) is 27.1 Å². The van der Waals surface area contributed by atoms with E-state index in [0.29, 0.717) is 0 Å². The molecule has 12 N–H and O–H groups in total. The number of phenolic OH excluding ortho intramolecular Hbond substituents is 12. The van der Waals surface area contributed by atoms with Crippen LogP contribution in [-0.2, 0) is 196 Å². The summed E-state index contributed by atoms with van der Waals surface area (Å²) < 4.78 is 0. The van der Waals surface area contributed by atoms with E-state index in [2.05, 4.69) is 41.5 Å². The summed E-state index contributed by atoms with van der Waals surface area (Å²) in [4.78, 5) is 57.0. The van der Waals surface area contributed by atoms with Crippen molar-refractivity contribution in [1.29, 1.82) is 0 Å². The number of non-ortho nitro benzene ring substituents is 1. The van der Waals surface area contributed by atoms with E-state index in [1.807, 2.05) is 0 Å². The number of nitro benzene ring substituents is 6. The quantitative estimate of drug-likeness (QED) is 0.0342. The van der Waals surface area contributed by atoms with E-state index in [4.69, 9.17) is 61.3 Å². The number of phenols is 12. The van der Waals surface area contributed by atoms with Crippen molar-refractivity contribution in [3.8, 4) is 69.0 Å². The van der Waals surface area contributed by atoms with Crippen LogP contribution < -0.4 is 0 Å². The Balaban J connectivity index is -0.000000196. The zero-order chi connectivity index (χ0) is 55.8. The van der Waals surface area contributed by atoms with Crippen LogP contribution >= 0.6 is 0 Å². The third kappa shape index (κ3) is 25.1. The van der Waals surface area contributed by atoms with Gasteiger partial charge in [0.2, 0.25) is 17.1 Å². The Morgan fingerprint density at radius 2 is 0.718 bits per heavy atom. The minimum atomic E-state index is -0.794. The molecule has 6 aromatic rings. The summed E-state index contributed by atoms with van der Waals surface area (Å²) in [5.41, 5.74) is -2.15. The van der Waals surface area contributed by atoms with E-state index in [-0.39, 0.29) is 247 Å². The number of hydrogen-bond acceptors (Lipinski definition) is 24. The summed E-state index contributed by atoms with van der Waals surface area (Å²) >= 11 is 0. The summed E-state index contributed by atoms with van der Waals surface area (Å²) in [5.74, 6) is -6.68. The second-order valence-electron chi connectivity index (χ2n) is 13.3. The Morgan fingerprint density at radius 3 is 1.15 bits per heavy atom. The van der Waals surface area contributed by atoms with Gasteiger partial charge in [0.15, 0.2) is 22.9 Å². The van der Waals surface area contributed by atoms with Crippen LogP contribution in [-0.4, -0.2) is 90.8 Å². The van der Waals surface area contributed by atoms with E-state index in [0.717, 1.165) is 60.7 Å². The molecule has 6 rings (SSSR count). The van der Waals surface area contributed by atoms with Gasteiger partial charge in [-0.3, -0.25) is 60.7 Å². The minimum Gasteiger partial charge on any atom is -0.561 e. The van der Waals surface area contributed by atoms with Gasteiger partial charge in [-0.2, -0.15) is 64.8 Å². The maximum absolute atomic E-state index is 10.3. The molecule has 0 aliphatic rings. The van der Waals surface area contributed by atoms with Crippen molar-refractivity contribution in [3.05, 3.63) is 208 Å². The molecule has 0 amide bonds. The van der Waals surface area contributed by atoms with Crippen LogP contribution in [0.5, 0.6) is 69.0 Å². The molecule has 0 aliphatic carbocycles. The number of hydrogen-bond donors (Lipinski definition) is 12. The first-order valence-corrected chi connectivity index (χ1v) is 18.3. The Morgan fingerprint density at radius 1 is 0.295 bits per heavy atom. The summed E-state index contributed by atoms with van der Waals surface area (Å²) in [5, 5.41) is 169. The Labute approximate surface area is 590 Å². The van der Waals surface area contributed by atoms with Gasteiger partial charge in [0, 0.05) is 228 Å². The molecule has 36 heteroatoms. The molecule has 0 aliphatic heterocycles. The zero-order valence-electron chi connectivity index (χ0n) is 39.6. The maximum Gasteiger partial charge on any atom is 0.289 e. The van der Waals surface area contributed by atoms with Gasteiger partial charge in [0.25, 0.3) is 11.4 Å². The fourth-order valence-electron chi connectivity index (χ4n) is 4.70. The Kier molecular flexibility index (Phi) is 41.9. The molecule has 0 saturated carbocycles. The SMILES string of the molecule is [CH2-]c1c([N+](=O)[O-])ccc(O)c1O.[CH2-]c1cc(O)c(O)c([N+](=O)[O-])c1.[CH2-]c1cc(O)c(O)cc1[N+](=O)[O-].[CH2-]c1cc([N+](=O)[O-])cc(O)c1O.[CH2-]c1ccc(O)c(O)c1[N+](=O)[O-].[CH2-]c1ccc([N+](=O)[O-])c(O)c1O.[Y].[Y].[Y].[Y].[Y].[Y]. The monoisotopic (exact) mass is 1540 g/mol. The molecular formula is C42H36N6O24Y6-6. The standard InChI is InChI=1S/6C7H6NO4.6Y/c1-4-2-6(9)7(10)3-5(4)8(11)12;1-4-2-5(8(11)12)3-6(9)7(4)10;1-4-2-5(8(11)12)7(10)6(9)3-4;1-4-5(8(11)12)2-3-6(9)7(4)10;1-4-2-3-5(9)7(10)6(4)8(11)12;1-4-2-3-5(8(11)12)7(10)6(4)9;;;;;;/h6*2-3,9-10H,1H2;;;;;;/q6*-1;;;;;;. The molecule has 30 nitrogen and oxygen atoms in total. The van der Waals surface area contributed by atoms with E-state index >= 15 is 0 Å². The van der Waals surface area contributed by atoms with E-state index < -0.39 is 116 Å². The molecule has 6 radical (unpaired) electrons. The normalized spacial score (nSPS) is 8.92. The van der Waals surface area contributed by atoms with Crippen LogP contribution in [0.4, 0.5) is 34.1 Å². The molecule has 0 atom stereocenters. The number of rotatable bonds is 6. The largest absolute Gasteiger partial charge is 0.561 e. The smallest absolute Gasteiger partial charge is 0.289 e. The molecule has 0 spiro atoms. The predicted molar refractivity (Wildman–Crippen MR) is 245 cm³/mol. The fraction of sp³-hybridized carbons (Fsp3) is 0. The van der Waals surface area contributed by atoms with Crippen LogP contribution in [0.2, 0.25) is 0 Å². The molecule has 402 valence electrons. The van der Waals surface area contributed by atoms with Crippen LogP contribution in [0.25, 0.3) is 0 Å². The van der Waals surface area contributed by atoms with Gasteiger partial charge in [-0.1, -0.05) is 23.8 Å². The average molecular weight is 1540 g/mol. The third-order valence-corrected chi connectivity index (χ3v) is 8.30. The first-order chi connectivity index (χ1) is 33.2. The van der Waals surface area contributed by atoms with Crippen LogP contribution in [0.1, 0.15) is 33.4 Å². The van der Waals surface area contributed by atoms with Crippen molar-refractivity contribution < 1.29 is 287 Å². The maximum atomic E-state index is 10.3. The second-order valence-corrected chi connectivity index (χ2v) is 13.3. The summed E-state index contributed by atoms with van der Waals surface area (Å²) in [7, 11) is 0. The Bertz CT molecular complexity index is 2980. The fourth-order valence-corrected chi connectivity index (χ4v) is 4.70. The van der Waals surface area contributed by atoms with Crippen molar-refractivity contribution in [2.75, 3.05) is 0 Å². The number of aromatic hydroxyl groups is 12. The van der Waals surface area contributed by atoms with E-state index in [1.165, 1.54) is 12.1 Å². The molecular weight excluding hydrogens is 1510 g/mol. The van der Waals surface area contributed by atoms with Crippen molar-refractivity contribution in [1.82, 2.24) is 0 Å². The molecule has 0 unspecified atom stereocenters. The van der Waals surface area contributed by atoms with Crippen molar-refractivity contribution in [2.45, 2.75) is 0 Å². The minimum absolute atomic E-state index is 0. The number of benzene rings is 6. The summed E-state index contributed by atoms with van der Waals surface area (Å²) in [6.07, 6.45) is 0. The number of nitro groups is 6. The Hall–Kier alpha value is -4.84. The van der Waals surface area contributed by atoms with Gasteiger partial charge in [-0.25, -0.2) is 0 Å². The molecule has 78 heavy (non-hydrogen) atoms. The van der Waals surface area contributed by atoms with Crippen LogP contribution in [0, 0.1) is 102 Å². The molecule has 0 aromatic heterocycles. The zero-order valence-corrected chi connectivity index (χ0v) is 56.6. The topological polar surface area (TPSA) is 502 Å². The first kappa shape index (κ1) is 84.5. The van der Waals surface area contributed by atoms with Gasteiger partial charge in [-0.15, -0.1) is 28.8 Å². The van der Waals surface area contributed by atoms with Gasteiger partial charge in [-0.05, 0) is 18.2 Å². The molecule has 6 aromatic carbocycles. The second kappa shape index (κ2) is 38.7. The summed E-state index contributed by atoms with van der Waals surface area (Å²) in [6.45, 7) is 20.0. The van der Waals surface area contributed by atoms with Gasteiger partial charge in [0.1, 0.15) is 34.5 Å².